The van der Waals surface area contributed by atoms with E-state index in [-0.39, 0.29) is 0 Å². The van der Waals surface area contributed by atoms with Gasteiger partial charge < -0.3 is 0 Å². The van der Waals surface area contributed by atoms with E-state index in [4.69, 9.17) is 5.26 Å². The lowest BCUT2D eigenvalue weighted by molar-refractivity contribution is -0.130. The molecule has 3 heteroatoms. The molecule has 2 rings (SSSR count). The average Bonchev–Trinajstić information content (AvgIpc) is 2.32. The fraction of sp³-hybridized carbons (Fsp3) is 0. The van der Waals surface area contributed by atoms with Gasteiger partial charge in [-0.1, -0.05) is 60.7 Å². The van der Waals surface area contributed by atoms with Crippen molar-refractivity contribution < 1.29 is 9.70 Å². The second kappa shape index (κ2) is 7.01. The Morgan fingerprint density at radius 3 is 1.27 bits per heavy atom. The van der Waals surface area contributed by atoms with Crippen LogP contribution in [0.2, 0.25) is 0 Å². The fourth-order valence-corrected chi connectivity index (χ4v) is 1.26. The van der Waals surface area contributed by atoms with Crippen molar-refractivity contribution >= 4 is 11.9 Å². The number of hydrogen-bond acceptors (Lipinski definition) is 2. The van der Waals surface area contributed by atoms with Crippen molar-refractivity contribution in [3.8, 4) is 11.1 Å². The van der Waals surface area contributed by atoms with Crippen LogP contribution in [0.25, 0.3) is 11.1 Å². The third-order valence-corrected chi connectivity index (χ3v) is 1.88. The molecule has 78 valence electrons. The number of rotatable bonds is 1. The molecule has 0 atom stereocenters. The number of benzene rings is 2. The fourth-order valence-electron chi connectivity index (χ4n) is 1.26. The second-order valence-electron chi connectivity index (χ2n) is 2.80. The quantitative estimate of drug-likeness (QED) is 0.584. The van der Waals surface area contributed by atoms with Crippen molar-refractivity contribution in [3.05, 3.63) is 60.7 Å². The number of hydrogen-bond donors (Lipinski definition) is 1. The number of halogens is 1. The minimum atomic E-state index is 1.28. The summed E-state index contributed by atoms with van der Waals surface area (Å²) in [5.74, 6) is 0. The zero-order chi connectivity index (χ0) is 10.9. The van der Waals surface area contributed by atoms with Crippen molar-refractivity contribution in [2.24, 2.45) is 0 Å². The largest absolute Gasteiger partial charge is 0.233 e. The molecule has 0 heterocycles. The Hall–Kier alpha value is -1.35. The summed E-state index contributed by atoms with van der Waals surface area (Å²) in [6, 6.07) is 20.8. The van der Waals surface area contributed by atoms with Gasteiger partial charge in [-0.2, -0.15) is 0 Å². The first-order valence-electron chi connectivity index (χ1n) is 4.41. The highest BCUT2D eigenvalue weighted by Crippen LogP contribution is 2.17. The normalized spacial score (nSPS) is 8.93. The van der Waals surface area contributed by atoms with Gasteiger partial charge in [-0.15, -0.1) is 4.44 Å². The van der Waals surface area contributed by atoms with Gasteiger partial charge in [0.15, 0.2) is 0 Å². The van der Waals surface area contributed by atoms with Gasteiger partial charge in [-0.05, 0) is 11.1 Å². The van der Waals surface area contributed by atoms with Crippen LogP contribution in [0.4, 0.5) is 0 Å². The molecule has 2 aromatic carbocycles. The van der Waals surface area contributed by atoms with Crippen LogP contribution in [-0.4, -0.2) is 5.26 Å². The maximum Gasteiger partial charge on any atom is 0.0997 e. The van der Waals surface area contributed by atoms with Crippen molar-refractivity contribution in [1.82, 2.24) is 0 Å². The van der Waals surface area contributed by atoms with Gasteiger partial charge in [-0.25, -0.2) is 5.26 Å². The molecule has 0 radical (unpaired) electrons. The summed E-state index contributed by atoms with van der Waals surface area (Å²) in [5.41, 5.74) is 2.55. The highest BCUT2D eigenvalue weighted by Gasteiger charge is 1.91. The third kappa shape index (κ3) is 4.13. The smallest absolute Gasteiger partial charge is 0.0997 e. The topological polar surface area (TPSA) is 29.5 Å². The van der Waals surface area contributed by atoms with E-state index in [0.717, 1.165) is 0 Å². The summed E-state index contributed by atoms with van der Waals surface area (Å²) in [5, 5.41) is 6.83. The van der Waals surface area contributed by atoms with Gasteiger partial charge in [0.1, 0.15) is 0 Å². The van der Waals surface area contributed by atoms with Crippen LogP contribution in [0.1, 0.15) is 0 Å². The molecule has 0 amide bonds. The highest BCUT2D eigenvalue weighted by atomic mass is 35.5. The molecule has 0 saturated heterocycles. The molecule has 0 fully saturated rings. The molecule has 0 spiro atoms. The van der Waals surface area contributed by atoms with E-state index in [2.05, 4.69) is 64.8 Å². The second-order valence-corrected chi connectivity index (χ2v) is 2.94. The Bertz CT molecular complexity index is 324. The van der Waals surface area contributed by atoms with Crippen molar-refractivity contribution in [1.29, 1.82) is 0 Å². The summed E-state index contributed by atoms with van der Waals surface area (Å²) in [6.07, 6.45) is 0. The SMILES string of the molecule is OOCl.c1ccc(-c2ccccc2)cc1. The lowest BCUT2D eigenvalue weighted by atomic mass is 10.1. The summed E-state index contributed by atoms with van der Waals surface area (Å²) in [4.78, 5) is 0. The molecular formula is C12H11ClO2. The Morgan fingerprint density at radius 2 is 1.00 bits per heavy atom. The van der Waals surface area contributed by atoms with Gasteiger partial charge in [0.05, 0.1) is 11.9 Å². The lowest BCUT2D eigenvalue weighted by Crippen LogP contribution is -1.73. The first-order chi connectivity index (χ1) is 7.38. The Morgan fingerprint density at radius 1 is 0.733 bits per heavy atom. The molecule has 0 aromatic heterocycles. The first-order valence-corrected chi connectivity index (χ1v) is 4.72. The summed E-state index contributed by atoms with van der Waals surface area (Å²) in [7, 11) is 0. The van der Waals surface area contributed by atoms with E-state index in [1.807, 2.05) is 12.1 Å². The molecular weight excluding hydrogens is 212 g/mol. The van der Waals surface area contributed by atoms with E-state index in [0.29, 0.717) is 0 Å². The lowest BCUT2D eigenvalue weighted by Gasteiger charge is -1.98. The van der Waals surface area contributed by atoms with E-state index in [9.17, 15) is 0 Å². The van der Waals surface area contributed by atoms with Gasteiger partial charge in [0, 0.05) is 0 Å². The van der Waals surface area contributed by atoms with E-state index in [1.54, 1.807) is 0 Å². The molecule has 0 saturated carbocycles. The zero-order valence-corrected chi connectivity index (χ0v) is 8.76. The molecule has 0 aliphatic rings. The van der Waals surface area contributed by atoms with Crippen LogP contribution in [-0.2, 0) is 4.44 Å². The molecule has 15 heavy (non-hydrogen) atoms. The Balaban J connectivity index is 0.000000337. The summed E-state index contributed by atoms with van der Waals surface area (Å²) >= 11 is 4.05. The van der Waals surface area contributed by atoms with Crippen LogP contribution in [0.15, 0.2) is 60.7 Å². The van der Waals surface area contributed by atoms with Gasteiger partial charge in [0.25, 0.3) is 0 Å². The van der Waals surface area contributed by atoms with Crippen molar-refractivity contribution in [2.75, 3.05) is 0 Å². The maximum atomic E-state index is 6.83. The predicted octanol–water partition coefficient (Wildman–Crippen LogP) is 3.98. The molecule has 0 unspecified atom stereocenters. The molecule has 0 aliphatic carbocycles. The highest BCUT2D eigenvalue weighted by molar-refractivity contribution is 6.06. The van der Waals surface area contributed by atoms with Gasteiger partial charge in [0.2, 0.25) is 0 Å². The van der Waals surface area contributed by atoms with Crippen LogP contribution < -0.4 is 0 Å². The predicted molar refractivity (Wildman–Crippen MR) is 61.4 cm³/mol. The van der Waals surface area contributed by atoms with Gasteiger partial charge >= 0.3 is 0 Å². The standard InChI is InChI=1S/C12H10.ClHO2/c1-3-7-11(8-4-1)12-9-5-2-6-10-12;1-3-2/h1-10H;2H. The van der Waals surface area contributed by atoms with Crippen LogP contribution in [0.3, 0.4) is 0 Å². The Kier molecular flexibility index (Phi) is 5.48. The summed E-state index contributed by atoms with van der Waals surface area (Å²) in [6.45, 7) is 0. The third-order valence-electron chi connectivity index (χ3n) is 1.88. The van der Waals surface area contributed by atoms with Gasteiger partial charge in [-0.3, -0.25) is 0 Å². The van der Waals surface area contributed by atoms with E-state index < -0.39 is 0 Å². The molecule has 2 aromatic rings. The minimum absolute atomic E-state index is 1.28. The van der Waals surface area contributed by atoms with Crippen molar-refractivity contribution in [2.45, 2.75) is 0 Å². The van der Waals surface area contributed by atoms with Crippen molar-refractivity contribution in [3.63, 3.8) is 0 Å². The molecule has 0 aliphatic heterocycles. The average molecular weight is 223 g/mol. The Labute approximate surface area is 93.8 Å². The summed E-state index contributed by atoms with van der Waals surface area (Å²) < 4.78 is 2.72. The molecule has 1 N–H and O–H groups in total. The van der Waals surface area contributed by atoms with Crippen LogP contribution in [0, 0.1) is 0 Å². The minimum Gasteiger partial charge on any atom is -0.233 e. The monoisotopic (exact) mass is 222 g/mol. The zero-order valence-electron chi connectivity index (χ0n) is 8.01. The first kappa shape index (κ1) is 11.7. The molecule has 2 nitrogen and oxygen atoms in total. The molecule has 0 bridgehead atoms. The van der Waals surface area contributed by atoms with E-state index >= 15 is 0 Å². The van der Waals surface area contributed by atoms with Crippen LogP contribution in [0.5, 0.6) is 0 Å². The maximum absolute atomic E-state index is 6.83. The van der Waals surface area contributed by atoms with Crippen LogP contribution >= 0.6 is 11.9 Å². The van der Waals surface area contributed by atoms with E-state index in [1.165, 1.54) is 11.1 Å².